The quantitative estimate of drug-likeness (QED) is 0.170. The second kappa shape index (κ2) is 15.8. The van der Waals surface area contributed by atoms with Crippen molar-refractivity contribution in [3.8, 4) is 5.75 Å². The predicted molar refractivity (Wildman–Crippen MR) is 135 cm³/mol. The van der Waals surface area contributed by atoms with Crippen LogP contribution in [0.1, 0.15) is 89.5 Å². The van der Waals surface area contributed by atoms with Crippen LogP contribution in [0.4, 0.5) is 0 Å². The fourth-order valence-electron chi connectivity index (χ4n) is 3.85. The molecular weight excluding hydrogens is 414 g/mol. The molecule has 3 N–H and O–H groups in total. The number of hydrazone groups is 1. The normalized spacial score (nSPS) is 11.2. The number of hydrogen-bond acceptors (Lipinski definition) is 4. The van der Waals surface area contributed by atoms with Gasteiger partial charge in [0.25, 0.3) is 5.91 Å². The summed E-state index contributed by atoms with van der Waals surface area (Å²) in [5, 5.41) is 18.5. The molecule has 0 saturated heterocycles. The molecule has 2 aromatic rings. The highest BCUT2D eigenvalue weighted by molar-refractivity contribution is 6.02. The fraction of sp³-hybridized carbons (Fsp3) is 0.519. The Labute approximate surface area is 197 Å². The maximum Gasteiger partial charge on any atom is 0.259 e. The van der Waals surface area contributed by atoms with Gasteiger partial charge in [-0.15, -0.1) is 0 Å². The molecule has 0 aliphatic carbocycles. The zero-order valence-electron chi connectivity index (χ0n) is 19.9. The van der Waals surface area contributed by atoms with Crippen LogP contribution < -0.4 is 10.7 Å². The lowest BCUT2D eigenvalue weighted by Crippen LogP contribution is -2.34. The first kappa shape index (κ1) is 26.4. The van der Waals surface area contributed by atoms with Gasteiger partial charge in [-0.3, -0.25) is 9.59 Å². The van der Waals surface area contributed by atoms with Crippen LogP contribution in [0.3, 0.4) is 0 Å². The Kier molecular flexibility index (Phi) is 12.7. The third-order valence-corrected chi connectivity index (χ3v) is 5.78. The van der Waals surface area contributed by atoms with Crippen LogP contribution in [0.25, 0.3) is 10.8 Å². The van der Waals surface area contributed by atoms with Crippen LogP contribution in [0.15, 0.2) is 41.5 Å². The molecule has 0 atom stereocenters. The van der Waals surface area contributed by atoms with Gasteiger partial charge in [0.2, 0.25) is 5.91 Å². The highest BCUT2D eigenvalue weighted by Gasteiger charge is 2.06. The second-order valence-corrected chi connectivity index (χ2v) is 8.57. The monoisotopic (exact) mass is 453 g/mol. The molecule has 2 amide bonds. The fourth-order valence-corrected chi connectivity index (χ4v) is 3.85. The molecule has 2 rings (SSSR count). The first-order valence-electron chi connectivity index (χ1n) is 12.4. The maximum absolute atomic E-state index is 11.9. The number of rotatable bonds is 16. The summed E-state index contributed by atoms with van der Waals surface area (Å²) >= 11 is 0. The molecule has 0 radical (unpaired) electrons. The van der Waals surface area contributed by atoms with Gasteiger partial charge in [-0.1, -0.05) is 101 Å². The number of fused-ring (bicyclic) bond motifs is 1. The molecule has 6 nitrogen and oxygen atoms in total. The van der Waals surface area contributed by atoms with Gasteiger partial charge in [-0.2, -0.15) is 5.10 Å². The van der Waals surface area contributed by atoms with Crippen molar-refractivity contribution in [3.63, 3.8) is 0 Å². The molecule has 0 heterocycles. The van der Waals surface area contributed by atoms with Gasteiger partial charge in [0.15, 0.2) is 0 Å². The zero-order valence-corrected chi connectivity index (χ0v) is 19.9. The number of phenolic OH excluding ortho intramolecular Hbond substituents is 1. The molecule has 180 valence electrons. The van der Waals surface area contributed by atoms with Crippen molar-refractivity contribution >= 4 is 28.8 Å². The molecule has 0 aliphatic heterocycles. The summed E-state index contributed by atoms with van der Waals surface area (Å²) in [6.07, 6.45) is 15.5. The molecule has 33 heavy (non-hydrogen) atoms. The second-order valence-electron chi connectivity index (χ2n) is 8.57. The lowest BCUT2D eigenvalue weighted by molar-refractivity contribution is -0.126. The van der Waals surface area contributed by atoms with Crippen molar-refractivity contribution in [2.24, 2.45) is 5.10 Å². The van der Waals surface area contributed by atoms with E-state index in [0.29, 0.717) is 12.0 Å². The third-order valence-electron chi connectivity index (χ3n) is 5.78. The van der Waals surface area contributed by atoms with Crippen molar-refractivity contribution in [1.82, 2.24) is 10.7 Å². The van der Waals surface area contributed by atoms with E-state index in [2.05, 4.69) is 22.8 Å². The maximum atomic E-state index is 11.9. The van der Waals surface area contributed by atoms with E-state index in [4.69, 9.17) is 0 Å². The van der Waals surface area contributed by atoms with E-state index in [-0.39, 0.29) is 18.2 Å². The number of hydrogen-bond donors (Lipinski definition) is 3. The SMILES string of the molecule is CCCCCCCCCCCCCC(=O)NCC(=O)N/N=C\c1c(O)ccc2ccccc12. The Hall–Kier alpha value is -2.89. The molecule has 0 bridgehead atoms. The van der Waals surface area contributed by atoms with Crippen LogP contribution in [0.2, 0.25) is 0 Å². The highest BCUT2D eigenvalue weighted by atomic mass is 16.3. The number of nitrogens with one attached hydrogen (secondary N) is 2. The third kappa shape index (κ3) is 10.5. The smallest absolute Gasteiger partial charge is 0.259 e. The van der Waals surface area contributed by atoms with E-state index in [1.165, 1.54) is 64.0 Å². The number of benzene rings is 2. The predicted octanol–water partition coefficient (Wildman–Crippen LogP) is 5.81. The molecule has 2 aromatic carbocycles. The number of phenols is 1. The summed E-state index contributed by atoms with van der Waals surface area (Å²) in [6.45, 7) is 2.13. The molecule has 6 heteroatoms. The van der Waals surface area contributed by atoms with Crippen molar-refractivity contribution in [1.29, 1.82) is 0 Å². The summed E-state index contributed by atoms with van der Waals surface area (Å²) in [6, 6.07) is 11.0. The Bertz CT molecular complexity index is 895. The van der Waals surface area contributed by atoms with Gasteiger partial charge in [0.05, 0.1) is 12.8 Å². The van der Waals surface area contributed by atoms with Crippen molar-refractivity contribution in [2.45, 2.75) is 84.0 Å². The Morgan fingerprint density at radius 3 is 2.18 bits per heavy atom. The van der Waals surface area contributed by atoms with Crippen LogP contribution in [-0.2, 0) is 9.59 Å². The molecule has 0 aromatic heterocycles. The number of amides is 2. The van der Waals surface area contributed by atoms with Gasteiger partial charge < -0.3 is 10.4 Å². The van der Waals surface area contributed by atoms with Gasteiger partial charge in [0, 0.05) is 12.0 Å². The van der Waals surface area contributed by atoms with Crippen LogP contribution in [-0.4, -0.2) is 29.7 Å². The number of carbonyl (C=O) groups excluding carboxylic acids is 2. The van der Waals surface area contributed by atoms with Gasteiger partial charge in [0.1, 0.15) is 5.75 Å². The van der Waals surface area contributed by atoms with Crippen LogP contribution in [0, 0.1) is 0 Å². The molecule has 0 fully saturated rings. The number of unbranched alkanes of at least 4 members (excludes halogenated alkanes) is 10. The van der Waals surface area contributed by atoms with E-state index in [0.717, 1.165) is 23.6 Å². The van der Waals surface area contributed by atoms with Gasteiger partial charge >= 0.3 is 0 Å². The van der Waals surface area contributed by atoms with E-state index in [1.54, 1.807) is 6.07 Å². The van der Waals surface area contributed by atoms with Crippen molar-refractivity contribution in [2.75, 3.05) is 6.54 Å². The topological polar surface area (TPSA) is 90.8 Å². The largest absolute Gasteiger partial charge is 0.507 e. The first-order chi connectivity index (χ1) is 16.1. The Balaban J connectivity index is 1.54. The average Bonchev–Trinajstić information content (AvgIpc) is 2.82. The zero-order chi connectivity index (χ0) is 23.7. The molecule has 0 spiro atoms. The average molecular weight is 454 g/mol. The summed E-state index contributed by atoms with van der Waals surface area (Å²) < 4.78 is 0. The Morgan fingerprint density at radius 2 is 1.48 bits per heavy atom. The minimum absolute atomic E-state index is 0.0898. The summed E-state index contributed by atoms with van der Waals surface area (Å²) in [5.41, 5.74) is 2.93. The van der Waals surface area contributed by atoms with E-state index >= 15 is 0 Å². The van der Waals surface area contributed by atoms with E-state index in [1.807, 2.05) is 30.3 Å². The number of carbonyl (C=O) groups is 2. The lowest BCUT2D eigenvalue weighted by Gasteiger charge is -2.06. The van der Waals surface area contributed by atoms with Gasteiger partial charge in [-0.05, 0) is 23.3 Å². The van der Waals surface area contributed by atoms with E-state index in [9.17, 15) is 14.7 Å². The Morgan fingerprint density at radius 1 is 0.848 bits per heavy atom. The van der Waals surface area contributed by atoms with Crippen LogP contribution in [0.5, 0.6) is 5.75 Å². The minimum Gasteiger partial charge on any atom is -0.507 e. The minimum atomic E-state index is -0.404. The van der Waals surface area contributed by atoms with Crippen molar-refractivity contribution in [3.05, 3.63) is 42.0 Å². The van der Waals surface area contributed by atoms with Crippen LogP contribution >= 0.6 is 0 Å². The highest BCUT2D eigenvalue weighted by Crippen LogP contribution is 2.25. The standard InChI is InChI=1S/C27H39N3O3/c1-2-3-4-5-6-7-8-9-10-11-12-17-26(32)28-21-27(33)30-29-20-24-23-16-14-13-15-22(23)18-19-25(24)31/h13-16,18-20,31H,2-12,17,21H2,1H3,(H,28,32)(H,30,33)/b29-20-. The molecule has 0 aliphatic rings. The van der Waals surface area contributed by atoms with Gasteiger partial charge in [-0.25, -0.2) is 5.43 Å². The summed E-state index contributed by atoms with van der Waals surface area (Å²) in [5.74, 6) is -0.429. The van der Waals surface area contributed by atoms with Crippen molar-refractivity contribution < 1.29 is 14.7 Å². The lowest BCUT2D eigenvalue weighted by atomic mass is 10.0. The van der Waals surface area contributed by atoms with E-state index < -0.39 is 5.91 Å². The molecule has 0 saturated carbocycles. The number of aromatic hydroxyl groups is 1. The summed E-state index contributed by atoms with van der Waals surface area (Å²) in [7, 11) is 0. The summed E-state index contributed by atoms with van der Waals surface area (Å²) in [4.78, 5) is 23.9. The number of nitrogens with zero attached hydrogens (tertiary/aromatic N) is 1. The molecular formula is C27H39N3O3. The molecule has 0 unspecified atom stereocenters. The first-order valence-corrected chi connectivity index (χ1v) is 12.4.